The molecule has 7 unspecified atom stereocenters. The maximum atomic E-state index is 12.9. The van der Waals surface area contributed by atoms with E-state index >= 15 is 0 Å². The first kappa shape index (κ1) is 101. The molecule has 9 saturated carbocycles. The Bertz CT molecular complexity index is 3500. The number of hydrogen-bond donors (Lipinski definition) is 7. The van der Waals surface area contributed by atoms with Gasteiger partial charge in [-0.25, -0.2) is 14.4 Å². The molecule has 9 aliphatic carbocycles. The van der Waals surface area contributed by atoms with Crippen molar-refractivity contribution in [2.45, 2.75) is 330 Å². The highest BCUT2D eigenvalue weighted by molar-refractivity contribution is 5.96. The van der Waals surface area contributed by atoms with Gasteiger partial charge in [0.05, 0.1) is 53.4 Å². The molecular formula is C91H145Cl2N5O19. The summed E-state index contributed by atoms with van der Waals surface area (Å²) >= 11 is 0. The number of nitrogens with one attached hydrogen (secondary N) is 4. The van der Waals surface area contributed by atoms with Crippen molar-refractivity contribution in [1.29, 1.82) is 0 Å². The minimum atomic E-state index is -0.969. The van der Waals surface area contributed by atoms with Crippen molar-refractivity contribution >= 4 is 106 Å². The van der Waals surface area contributed by atoms with E-state index in [4.69, 9.17) is 30.2 Å². The van der Waals surface area contributed by atoms with Gasteiger partial charge in [0.2, 0.25) is 11.8 Å². The van der Waals surface area contributed by atoms with Crippen LogP contribution in [0.1, 0.15) is 317 Å². The fraction of sp³-hybridized carbons (Fsp3) is 0.780. The number of aromatic nitrogens is 1. The summed E-state index contributed by atoms with van der Waals surface area (Å²) in [7, 11) is 6.94. The van der Waals surface area contributed by atoms with Crippen LogP contribution in [0.4, 0.5) is 0 Å². The van der Waals surface area contributed by atoms with Gasteiger partial charge < -0.3 is 60.6 Å². The van der Waals surface area contributed by atoms with Crippen LogP contribution in [-0.4, -0.2) is 152 Å². The van der Waals surface area contributed by atoms with Crippen LogP contribution in [0.15, 0.2) is 24.3 Å². The van der Waals surface area contributed by atoms with Gasteiger partial charge in [-0.15, -0.1) is 24.8 Å². The number of esters is 4. The quantitative estimate of drug-likeness (QED) is 0.0507. The van der Waals surface area contributed by atoms with Crippen LogP contribution in [0.25, 0.3) is 10.9 Å². The normalized spacial score (nSPS) is 26.4. The van der Waals surface area contributed by atoms with Crippen molar-refractivity contribution in [3.63, 3.8) is 0 Å². The van der Waals surface area contributed by atoms with Gasteiger partial charge in [0.1, 0.15) is 52.7 Å². The first-order valence-corrected chi connectivity index (χ1v) is 43.3. The predicted molar refractivity (Wildman–Crippen MR) is 454 cm³/mol. The molecule has 8 N–H and O–H groups in total. The second-order valence-electron chi connectivity index (χ2n) is 39.3. The number of methoxy groups -OCH3 is 5. The minimum Gasteiger partial charge on any atom is -0.496 e. The molecule has 0 bridgehead atoms. The zero-order valence-corrected chi connectivity index (χ0v) is 74.6. The van der Waals surface area contributed by atoms with Crippen LogP contribution in [0.3, 0.4) is 0 Å². The molecule has 1 aromatic carbocycles. The molecule has 11 atom stereocenters. The van der Waals surface area contributed by atoms with Gasteiger partial charge >= 0.3 is 35.8 Å². The van der Waals surface area contributed by atoms with Gasteiger partial charge in [0.15, 0.2) is 0 Å². The molecule has 24 nitrogen and oxygen atoms in total. The molecule has 2 amide bonds. The van der Waals surface area contributed by atoms with E-state index in [0.29, 0.717) is 73.7 Å². The predicted octanol–water partition coefficient (Wildman–Crippen LogP) is 16.3. The average molecular weight is 1680 g/mol. The summed E-state index contributed by atoms with van der Waals surface area (Å²) in [5, 5.41) is 27.7. The fourth-order valence-electron chi connectivity index (χ4n) is 20.4. The number of carboxylic acid groups (broad SMARTS) is 2. The van der Waals surface area contributed by atoms with Crippen molar-refractivity contribution in [2.24, 2.45) is 85.1 Å². The number of rotatable bonds is 19. The molecule has 1 aliphatic heterocycles. The number of amides is 2. The van der Waals surface area contributed by atoms with Gasteiger partial charge in [-0.2, -0.15) is 0 Å². The molecule has 1 saturated heterocycles. The number of carbonyl (C=O) groups excluding carboxylic acids is 10. The number of aromatic amines is 1. The Hall–Kier alpha value is -6.50. The zero-order chi connectivity index (χ0) is 84.9. The third-order valence-electron chi connectivity index (χ3n) is 27.7. The van der Waals surface area contributed by atoms with E-state index < -0.39 is 48.0 Å². The van der Waals surface area contributed by atoms with Gasteiger partial charge in [0, 0.05) is 72.7 Å². The monoisotopic (exact) mass is 1680 g/mol. The molecule has 117 heavy (non-hydrogen) atoms. The SMILES string of the molecule is COC(=O)[C@@H](C)CC1CCC(C)(C)CC1=O.COC(=O)[C@@H](N)CC1CCC(C)(C)CC1=O.COC(=O)[C@H](CC1CCC(C)(C)CC1=O)NC(=O)C1CC2(CCCCC2)CN1.COC(=O)[C@H](CC1CCC(C)(C)CC1=O)NC(=O)C1CCC2(CCCCC2)C1.COc1cccc2[nH]c(C(=O)O)cc12.Cl.Cl.O=C(O)C1CCC2(CCCCC2)C1. The third-order valence-corrected chi connectivity index (χ3v) is 27.7. The van der Waals surface area contributed by atoms with E-state index in [1.807, 2.05) is 19.1 Å². The molecule has 26 heteroatoms. The van der Waals surface area contributed by atoms with Crippen molar-refractivity contribution in [1.82, 2.24) is 20.9 Å². The highest BCUT2D eigenvalue weighted by atomic mass is 35.5. The molecule has 10 aliphatic rings. The summed E-state index contributed by atoms with van der Waals surface area (Å²) in [6.07, 6.45) is 37.3. The fourth-order valence-corrected chi connectivity index (χ4v) is 20.4. The lowest BCUT2D eigenvalue weighted by Gasteiger charge is -2.34. The number of carbonyl (C=O) groups is 12. The Balaban J connectivity index is 0.000000256. The molecule has 1 aromatic heterocycles. The number of ether oxygens (including phenoxy) is 5. The summed E-state index contributed by atoms with van der Waals surface area (Å²) in [5.74, 6) is -2.18. The largest absolute Gasteiger partial charge is 0.496 e. The number of halogens is 2. The Morgan fingerprint density at radius 2 is 0.855 bits per heavy atom. The van der Waals surface area contributed by atoms with Gasteiger partial charge in [-0.3, -0.25) is 43.2 Å². The number of Topliss-reactive ketones (excluding diaryl/α,β-unsaturated/α-hetero) is 4. The molecule has 2 aromatic rings. The lowest BCUT2D eigenvalue weighted by atomic mass is 9.70. The van der Waals surface area contributed by atoms with Crippen LogP contribution < -0.4 is 26.4 Å². The lowest BCUT2D eigenvalue weighted by Crippen LogP contribution is -2.50. The summed E-state index contributed by atoms with van der Waals surface area (Å²) in [4.78, 5) is 146. The number of H-pyrrole nitrogens is 1. The van der Waals surface area contributed by atoms with E-state index in [9.17, 15) is 57.5 Å². The molecule has 12 rings (SSSR count). The first-order chi connectivity index (χ1) is 54.1. The maximum absolute atomic E-state index is 12.9. The summed E-state index contributed by atoms with van der Waals surface area (Å²) in [6.45, 7) is 19.6. The third kappa shape index (κ3) is 30.3. The first-order valence-electron chi connectivity index (χ1n) is 43.3. The Morgan fingerprint density at radius 1 is 0.470 bits per heavy atom. The summed E-state index contributed by atoms with van der Waals surface area (Å²) in [5.41, 5.74) is 7.94. The minimum absolute atomic E-state index is 0. The Labute approximate surface area is 708 Å². The number of ketones is 4. The molecule has 2 heterocycles. The summed E-state index contributed by atoms with van der Waals surface area (Å²) < 4.78 is 24.2. The van der Waals surface area contributed by atoms with E-state index in [-0.39, 0.29) is 140 Å². The van der Waals surface area contributed by atoms with Gasteiger partial charge in [-0.1, -0.05) is 126 Å². The number of hydrogen-bond acceptors (Lipinski definition) is 19. The second-order valence-corrected chi connectivity index (χ2v) is 39.3. The highest BCUT2D eigenvalue weighted by Crippen LogP contribution is 2.53. The van der Waals surface area contributed by atoms with Crippen molar-refractivity contribution in [3.8, 4) is 5.75 Å². The van der Waals surface area contributed by atoms with Crippen molar-refractivity contribution in [2.75, 3.05) is 42.1 Å². The maximum Gasteiger partial charge on any atom is 0.352 e. The van der Waals surface area contributed by atoms with Crippen molar-refractivity contribution < 1.29 is 91.4 Å². The molecular weight excluding hydrogens is 1540 g/mol. The number of aromatic carboxylic acids is 1. The second kappa shape index (κ2) is 45.4. The molecule has 10 fully saturated rings. The standard InChI is InChI=1S/C23H37NO4.C22H36N2O4.C13H22O3.C12H21NO3.C11H18O2.C10H9NO3.2ClH/c1-22(2)11-7-16(19(25)15-22)13-18(21(27)28-3)24-20(26)17-8-12-23(14-17)9-5-4-6-10-23;1-21(2)10-7-15(18(25)13-21)11-16(20(27)28-3)24-19(26)17-12-22(14-23-17)8-5-4-6-9-22;1-9(12(15)16-4)7-10-5-6-13(2,3)8-11(10)14;1-12(2)5-4-8(10(14)7-12)6-9(13)11(15)16-3;12-10(13)9-4-7-11(8-9)5-2-1-3-6-11;1-14-9-4-2-3-7-6(9)5-8(11-7)10(12)13;;/h16-18H,4-15H2,1-3H3,(H,24,26);15-17,23H,4-14H2,1-3H3,(H,24,26);9-10H,5-8H2,1-4H3;8-9H,4-7,13H2,1-3H3;9H,1-8H2,(H,12,13);2-5,11H,1H3,(H,12,13);2*1H/t16?,17?,18-;15?,16-,17?;9-,10?;8?,9-;;;;/m0000..../s1. The van der Waals surface area contributed by atoms with Crippen LogP contribution in [0.2, 0.25) is 0 Å². The van der Waals surface area contributed by atoms with Crippen molar-refractivity contribution in [3.05, 3.63) is 30.0 Å². The van der Waals surface area contributed by atoms with Crippen LogP contribution >= 0.6 is 24.8 Å². The average Bonchev–Trinajstić information content (AvgIpc) is 1.69. The number of nitrogens with two attached hydrogens (primary N) is 1. The number of fused-ring (bicyclic) bond motifs is 1. The highest BCUT2D eigenvalue weighted by Gasteiger charge is 2.48. The number of aliphatic carboxylic acids is 1. The smallest absolute Gasteiger partial charge is 0.352 e. The van der Waals surface area contributed by atoms with Gasteiger partial charge in [-0.05, 0) is 217 Å². The van der Waals surface area contributed by atoms with E-state index in [0.717, 1.165) is 107 Å². The topological polar surface area (TPSA) is 369 Å². The van der Waals surface area contributed by atoms with E-state index in [1.165, 1.54) is 131 Å². The Kier molecular flexibility index (Phi) is 39.2. The number of benzene rings is 1. The molecule has 662 valence electrons. The van der Waals surface area contributed by atoms with E-state index in [1.54, 1.807) is 19.2 Å². The number of carboxylic acids is 2. The summed E-state index contributed by atoms with van der Waals surface area (Å²) in [6, 6.07) is 4.59. The lowest BCUT2D eigenvalue weighted by molar-refractivity contribution is -0.147. The molecule has 0 radical (unpaired) electrons. The van der Waals surface area contributed by atoms with E-state index in [2.05, 4.69) is 85.8 Å². The van der Waals surface area contributed by atoms with Crippen LogP contribution in [-0.2, 0) is 71.7 Å². The van der Waals surface area contributed by atoms with Crippen LogP contribution in [0.5, 0.6) is 5.75 Å². The molecule has 3 spiro atoms. The zero-order valence-electron chi connectivity index (χ0n) is 73.0. The van der Waals surface area contributed by atoms with Gasteiger partial charge in [0.25, 0.3) is 0 Å². The van der Waals surface area contributed by atoms with Crippen LogP contribution in [0, 0.1) is 79.3 Å². The Morgan fingerprint density at radius 3 is 1.24 bits per heavy atom.